The average Bonchev–Trinajstić information content (AvgIpc) is 2.74. The molecule has 0 unspecified atom stereocenters. The van der Waals surface area contributed by atoms with Crippen LogP contribution in [0.1, 0.15) is 37.9 Å². The van der Waals surface area contributed by atoms with Crippen LogP contribution in [0.25, 0.3) is 0 Å². The molecule has 0 spiro atoms. The highest BCUT2D eigenvalue weighted by atomic mass is 32.1. The van der Waals surface area contributed by atoms with E-state index < -0.39 is 0 Å². The van der Waals surface area contributed by atoms with E-state index in [2.05, 4.69) is 31.1 Å². The average molecular weight is 239 g/mol. The normalized spacial score (nSPS) is 22.9. The molecule has 0 amide bonds. The van der Waals surface area contributed by atoms with E-state index in [-0.39, 0.29) is 5.41 Å². The summed E-state index contributed by atoms with van der Waals surface area (Å²) in [6.45, 7) is 9.72. The Kier molecular flexibility index (Phi) is 3.33. The molecule has 0 saturated carbocycles. The summed E-state index contributed by atoms with van der Waals surface area (Å²) in [5, 5.41) is 3.41. The van der Waals surface area contributed by atoms with Crippen LogP contribution in [0.5, 0.6) is 0 Å². The molecule has 3 nitrogen and oxygen atoms in total. The lowest BCUT2D eigenvalue weighted by Gasteiger charge is -2.15. The summed E-state index contributed by atoms with van der Waals surface area (Å²) in [5.74, 6) is 0. The number of likely N-dealkylation sites (tertiary alicyclic amines) is 1. The summed E-state index contributed by atoms with van der Waals surface area (Å²) in [5.41, 5.74) is 7.26. The summed E-state index contributed by atoms with van der Waals surface area (Å²) in [7, 11) is 0. The minimum absolute atomic E-state index is 0.171. The molecule has 1 saturated heterocycles. The van der Waals surface area contributed by atoms with Gasteiger partial charge in [0, 0.05) is 36.5 Å². The highest BCUT2D eigenvalue weighted by molar-refractivity contribution is 7.09. The first-order chi connectivity index (χ1) is 7.45. The number of hydrogen-bond acceptors (Lipinski definition) is 4. The molecule has 0 aromatic carbocycles. The van der Waals surface area contributed by atoms with Crippen LogP contribution < -0.4 is 5.73 Å². The number of thiazole rings is 1. The second-order valence-corrected chi connectivity index (χ2v) is 6.54. The van der Waals surface area contributed by atoms with Crippen molar-refractivity contribution in [1.29, 1.82) is 0 Å². The fraction of sp³-hybridized carbons (Fsp3) is 0.750. The van der Waals surface area contributed by atoms with Crippen molar-refractivity contribution in [3.8, 4) is 0 Å². The predicted octanol–water partition coefficient (Wildman–Crippen LogP) is 1.97. The lowest BCUT2D eigenvalue weighted by molar-refractivity contribution is 0.323. The second-order valence-electron chi connectivity index (χ2n) is 5.68. The lowest BCUT2D eigenvalue weighted by atomic mass is 9.98. The molecule has 0 bridgehead atoms. The Morgan fingerprint density at radius 2 is 2.31 bits per heavy atom. The van der Waals surface area contributed by atoms with Gasteiger partial charge in [-0.3, -0.25) is 4.90 Å². The molecule has 1 aliphatic heterocycles. The molecule has 4 heteroatoms. The van der Waals surface area contributed by atoms with Crippen LogP contribution in [0.4, 0.5) is 0 Å². The second kappa shape index (κ2) is 4.43. The van der Waals surface area contributed by atoms with Crippen molar-refractivity contribution in [3.63, 3.8) is 0 Å². The first kappa shape index (κ1) is 12.0. The highest BCUT2D eigenvalue weighted by Crippen LogP contribution is 2.26. The molecule has 90 valence electrons. The molecule has 1 atom stereocenters. The van der Waals surface area contributed by atoms with E-state index in [9.17, 15) is 0 Å². The maximum Gasteiger partial charge on any atom is 0.0982 e. The Morgan fingerprint density at radius 3 is 2.81 bits per heavy atom. The molecule has 2 rings (SSSR count). The molecule has 0 radical (unpaired) electrons. The Morgan fingerprint density at radius 1 is 1.56 bits per heavy atom. The van der Waals surface area contributed by atoms with Gasteiger partial charge in [0.1, 0.15) is 0 Å². The van der Waals surface area contributed by atoms with E-state index >= 15 is 0 Å². The first-order valence-electron chi connectivity index (χ1n) is 5.88. The van der Waals surface area contributed by atoms with Gasteiger partial charge in [-0.1, -0.05) is 20.8 Å². The predicted molar refractivity (Wildman–Crippen MR) is 68.7 cm³/mol. The first-order valence-corrected chi connectivity index (χ1v) is 6.76. The lowest BCUT2D eigenvalue weighted by Crippen LogP contribution is -2.26. The fourth-order valence-electron chi connectivity index (χ4n) is 1.96. The molecule has 2 N–H and O–H groups in total. The largest absolute Gasteiger partial charge is 0.326 e. The molecule has 1 fully saturated rings. The van der Waals surface area contributed by atoms with Crippen molar-refractivity contribution >= 4 is 11.3 Å². The van der Waals surface area contributed by atoms with Gasteiger partial charge in [0.2, 0.25) is 0 Å². The Labute approximate surface area is 102 Å². The van der Waals surface area contributed by atoms with E-state index in [1.165, 1.54) is 10.7 Å². The molecule has 0 aliphatic carbocycles. The molecule has 1 aliphatic rings. The Balaban J connectivity index is 1.98. The minimum atomic E-state index is 0.171. The van der Waals surface area contributed by atoms with Gasteiger partial charge in [0.25, 0.3) is 0 Å². The maximum atomic E-state index is 5.89. The molecule has 1 aromatic rings. The van der Waals surface area contributed by atoms with Gasteiger partial charge in [0.05, 0.1) is 10.7 Å². The van der Waals surface area contributed by atoms with Crippen LogP contribution >= 0.6 is 11.3 Å². The minimum Gasteiger partial charge on any atom is -0.326 e. The fourth-order valence-corrected chi connectivity index (χ4v) is 2.86. The van der Waals surface area contributed by atoms with Crippen molar-refractivity contribution in [3.05, 3.63) is 16.1 Å². The van der Waals surface area contributed by atoms with Crippen molar-refractivity contribution in [2.75, 3.05) is 13.1 Å². The number of nitrogens with zero attached hydrogens (tertiary/aromatic N) is 2. The topological polar surface area (TPSA) is 42.2 Å². The van der Waals surface area contributed by atoms with Gasteiger partial charge in [0.15, 0.2) is 0 Å². The Hall–Kier alpha value is -0.450. The number of nitrogens with two attached hydrogens (primary N) is 1. The molecular weight excluding hydrogens is 218 g/mol. The third-order valence-corrected chi connectivity index (χ3v) is 4.20. The molecule has 16 heavy (non-hydrogen) atoms. The third-order valence-electron chi connectivity index (χ3n) is 2.89. The van der Waals surface area contributed by atoms with E-state index in [0.29, 0.717) is 6.04 Å². The van der Waals surface area contributed by atoms with Gasteiger partial charge in [-0.2, -0.15) is 0 Å². The van der Waals surface area contributed by atoms with Crippen molar-refractivity contribution in [2.24, 2.45) is 5.73 Å². The van der Waals surface area contributed by atoms with E-state index in [0.717, 1.165) is 26.1 Å². The van der Waals surface area contributed by atoms with E-state index in [4.69, 9.17) is 10.7 Å². The van der Waals surface area contributed by atoms with E-state index in [1.807, 2.05) is 0 Å². The summed E-state index contributed by atoms with van der Waals surface area (Å²) in [6.07, 6.45) is 1.12. The third kappa shape index (κ3) is 2.81. The van der Waals surface area contributed by atoms with Gasteiger partial charge in [-0.15, -0.1) is 11.3 Å². The van der Waals surface area contributed by atoms with E-state index in [1.54, 1.807) is 11.3 Å². The molecule has 1 aromatic heterocycles. The van der Waals surface area contributed by atoms with Crippen LogP contribution in [0.3, 0.4) is 0 Å². The van der Waals surface area contributed by atoms with Crippen LogP contribution in [-0.2, 0) is 12.0 Å². The van der Waals surface area contributed by atoms with Crippen molar-refractivity contribution < 1.29 is 0 Å². The summed E-state index contributed by atoms with van der Waals surface area (Å²) in [6, 6.07) is 0.362. The zero-order valence-electron chi connectivity index (χ0n) is 10.4. The zero-order chi connectivity index (χ0) is 11.8. The van der Waals surface area contributed by atoms with Gasteiger partial charge >= 0.3 is 0 Å². The van der Waals surface area contributed by atoms with Crippen molar-refractivity contribution in [1.82, 2.24) is 9.88 Å². The Bertz CT molecular complexity index is 353. The molecule has 2 heterocycles. The quantitative estimate of drug-likeness (QED) is 0.858. The SMILES string of the molecule is CC(C)(C)c1nc(CN2CC[C@H](N)C2)cs1. The number of aromatic nitrogens is 1. The monoisotopic (exact) mass is 239 g/mol. The summed E-state index contributed by atoms with van der Waals surface area (Å²) >= 11 is 1.77. The number of rotatable bonds is 2. The van der Waals surface area contributed by atoms with Gasteiger partial charge in [-0.25, -0.2) is 4.98 Å². The van der Waals surface area contributed by atoms with Crippen LogP contribution in [0.2, 0.25) is 0 Å². The van der Waals surface area contributed by atoms with Crippen LogP contribution in [-0.4, -0.2) is 29.0 Å². The summed E-state index contributed by atoms with van der Waals surface area (Å²) < 4.78 is 0. The van der Waals surface area contributed by atoms with Crippen molar-refractivity contribution in [2.45, 2.75) is 45.2 Å². The molecular formula is C12H21N3S. The zero-order valence-corrected chi connectivity index (χ0v) is 11.2. The standard InChI is InChI=1S/C12H21N3S/c1-12(2,3)11-14-10(8-16-11)7-15-5-4-9(13)6-15/h8-9H,4-7,13H2,1-3H3/t9-/m0/s1. The smallest absolute Gasteiger partial charge is 0.0982 e. The van der Waals surface area contributed by atoms with Gasteiger partial charge < -0.3 is 5.73 Å². The highest BCUT2D eigenvalue weighted by Gasteiger charge is 2.22. The maximum absolute atomic E-state index is 5.89. The van der Waals surface area contributed by atoms with Gasteiger partial charge in [-0.05, 0) is 6.42 Å². The van der Waals surface area contributed by atoms with Crippen LogP contribution in [0, 0.1) is 0 Å². The number of hydrogen-bond donors (Lipinski definition) is 1. The summed E-state index contributed by atoms with van der Waals surface area (Å²) in [4.78, 5) is 7.10. The van der Waals surface area contributed by atoms with Crippen LogP contribution in [0.15, 0.2) is 5.38 Å².